The van der Waals surface area contributed by atoms with E-state index in [-0.39, 0.29) is 17.9 Å². The van der Waals surface area contributed by atoms with Gasteiger partial charge in [-0.1, -0.05) is 35.9 Å². The molecule has 1 N–H and O–H groups in total. The van der Waals surface area contributed by atoms with E-state index in [0.717, 1.165) is 11.1 Å². The first-order chi connectivity index (χ1) is 15.9. The van der Waals surface area contributed by atoms with E-state index in [9.17, 15) is 14.7 Å². The van der Waals surface area contributed by atoms with Crippen LogP contribution in [0.1, 0.15) is 28.3 Å². The molecular formula is C26H24N2O5. The quantitative estimate of drug-likeness (QED) is 0.351. The first-order valence-corrected chi connectivity index (χ1v) is 10.4. The highest BCUT2D eigenvalue weighted by molar-refractivity contribution is 6.46. The molecule has 168 valence electrons. The van der Waals surface area contributed by atoms with Crippen LogP contribution in [0.5, 0.6) is 11.5 Å². The Balaban J connectivity index is 1.93. The highest BCUT2D eigenvalue weighted by atomic mass is 16.5. The summed E-state index contributed by atoms with van der Waals surface area (Å²) in [4.78, 5) is 32.0. The molecule has 0 bridgehead atoms. The number of pyridine rings is 1. The molecule has 7 heteroatoms. The van der Waals surface area contributed by atoms with Gasteiger partial charge in [0.1, 0.15) is 17.3 Å². The van der Waals surface area contributed by atoms with Gasteiger partial charge >= 0.3 is 0 Å². The zero-order valence-corrected chi connectivity index (χ0v) is 18.6. The minimum Gasteiger partial charge on any atom is -0.507 e. The summed E-state index contributed by atoms with van der Waals surface area (Å²) in [6.45, 7) is 2.06. The molecule has 3 aromatic rings. The molecule has 1 amide bonds. The van der Waals surface area contributed by atoms with Crippen LogP contribution >= 0.6 is 0 Å². The number of aliphatic hydroxyl groups is 1. The molecule has 7 nitrogen and oxygen atoms in total. The van der Waals surface area contributed by atoms with E-state index in [2.05, 4.69) is 4.98 Å². The fourth-order valence-corrected chi connectivity index (χ4v) is 3.97. The molecule has 1 saturated heterocycles. The number of methoxy groups -OCH3 is 2. The minimum absolute atomic E-state index is 0.000651. The van der Waals surface area contributed by atoms with Gasteiger partial charge in [0.15, 0.2) is 0 Å². The number of likely N-dealkylation sites (tertiary alicyclic amines) is 1. The number of nitrogens with zero attached hydrogens (tertiary/aromatic N) is 2. The van der Waals surface area contributed by atoms with E-state index >= 15 is 0 Å². The summed E-state index contributed by atoms with van der Waals surface area (Å²) < 4.78 is 10.9. The molecular weight excluding hydrogens is 420 g/mol. The Morgan fingerprint density at radius 3 is 2.45 bits per heavy atom. The third-order valence-electron chi connectivity index (χ3n) is 5.67. The van der Waals surface area contributed by atoms with E-state index in [0.29, 0.717) is 22.6 Å². The lowest BCUT2D eigenvalue weighted by molar-refractivity contribution is -0.140. The lowest BCUT2D eigenvalue weighted by Gasteiger charge is -2.27. The van der Waals surface area contributed by atoms with Crippen molar-refractivity contribution in [2.45, 2.75) is 19.5 Å². The molecule has 0 spiro atoms. The average molecular weight is 444 g/mol. The summed E-state index contributed by atoms with van der Waals surface area (Å²) in [5.74, 6) is -0.701. The summed E-state index contributed by atoms with van der Waals surface area (Å²) in [7, 11) is 3.04. The number of carbonyl (C=O) groups excluding carboxylic acids is 2. The maximum absolute atomic E-state index is 13.2. The number of Topliss-reactive ketones (excluding diaryl/α,β-unsaturated/α-hetero) is 1. The van der Waals surface area contributed by atoms with Crippen molar-refractivity contribution in [3.63, 3.8) is 0 Å². The fourth-order valence-electron chi connectivity index (χ4n) is 3.97. The lowest BCUT2D eigenvalue weighted by Crippen LogP contribution is -2.29. The molecule has 0 saturated carbocycles. The first kappa shape index (κ1) is 22.1. The second-order valence-electron chi connectivity index (χ2n) is 7.76. The molecule has 0 aliphatic carbocycles. The summed E-state index contributed by atoms with van der Waals surface area (Å²) in [5.41, 5.74) is 2.75. The van der Waals surface area contributed by atoms with Gasteiger partial charge in [-0.25, -0.2) is 0 Å². The van der Waals surface area contributed by atoms with E-state index < -0.39 is 17.7 Å². The smallest absolute Gasteiger partial charge is 0.295 e. The molecule has 1 aliphatic heterocycles. The maximum atomic E-state index is 13.2. The van der Waals surface area contributed by atoms with Gasteiger partial charge in [-0.05, 0) is 36.8 Å². The average Bonchev–Trinajstić information content (AvgIpc) is 3.09. The molecule has 2 aromatic carbocycles. The number of amides is 1. The first-order valence-electron chi connectivity index (χ1n) is 10.4. The van der Waals surface area contributed by atoms with E-state index in [1.165, 1.54) is 19.1 Å². The molecule has 1 aromatic heterocycles. The number of rotatable bonds is 6. The zero-order valence-electron chi connectivity index (χ0n) is 18.6. The number of aliphatic hydroxyl groups excluding tert-OH is 1. The molecule has 2 heterocycles. The van der Waals surface area contributed by atoms with Crippen molar-refractivity contribution in [1.29, 1.82) is 0 Å². The predicted octanol–water partition coefficient (Wildman–Crippen LogP) is 4.03. The molecule has 1 atom stereocenters. The SMILES string of the molecule is COc1ccc(OC)c([C@H]2C(=C(O)c3ccc(C)cc3)C(=O)C(=O)N2Cc2cccnc2)c1. The van der Waals surface area contributed by atoms with Gasteiger partial charge in [0, 0.05) is 30.1 Å². The van der Waals surface area contributed by atoms with Gasteiger partial charge < -0.3 is 19.5 Å². The van der Waals surface area contributed by atoms with Crippen molar-refractivity contribution in [3.05, 3.63) is 94.8 Å². The normalized spacial score (nSPS) is 17.3. The van der Waals surface area contributed by atoms with Gasteiger partial charge in [-0.15, -0.1) is 0 Å². The maximum Gasteiger partial charge on any atom is 0.295 e. The molecule has 0 unspecified atom stereocenters. The van der Waals surface area contributed by atoms with Crippen LogP contribution in [0.25, 0.3) is 5.76 Å². The summed E-state index contributed by atoms with van der Waals surface area (Å²) >= 11 is 0. The summed E-state index contributed by atoms with van der Waals surface area (Å²) in [5, 5.41) is 11.2. The Morgan fingerprint density at radius 1 is 1.06 bits per heavy atom. The van der Waals surface area contributed by atoms with Crippen molar-refractivity contribution in [2.24, 2.45) is 0 Å². The number of ether oxygens (including phenoxy) is 2. The van der Waals surface area contributed by atoms with Crippen molar-refractivity contribution < 1.29 is 24.2 Å². The van der Waals surface area contributed by atoms with Crippen LogP contribution in [-0.4, -0.2) is 40.9 Å². The van der Waals surface area contributed by atoms with Crippen LogP contribution in [0.15, 0.2) is 72.6 Å². The third-order valence-corrected chi connectivity index (χ3v) is 5.67. The van der Waals surface area contributed by atoms with Gasteiger partial charge in [-0.2, -0.15) is 0 Å². The van der Waals surface area contributed by atoms with E-state index in [1.54, 1.807) is 48.8 Å². The molecule has 1 fully saturated rings. The van der Waals surface area contributed by atoms with Gasteiger partial charge in [0.25, 0.3) is 11.7 Å². The highest BCUT2D eigenvalue weighted by Gasteiger charge is 2.47. The van der Waals surface area contributed by atoms with E-state index in [1.807, 2.05) is 25.1 Å². The van der Waals surface area contributed by atoms with Gasteiger partial charge in [0.05, 0.1) is 25.8 Å². The number of hydrogen-bond donors (Lipinski definition) is 1. The van der Waals surface area contributed by atoms with Crippen LogP contribution in [0.3, 0.4) is 0 Å². The number of carbonyl (C=O) groups is 2. The Kier molecular flexibility index (Phi) is 6.13. The van der Waals surface area contributed by atoms with Crippen molar-refractivity contribution in [3.8, 4) is 11.5 Å². The molecule has 33 heavy (non-hydrogen) atoms. The summed E-state index contributed by atoms with van der Waals surface area (Å²) in [6.07, 6.45) is 3.27. The number of hydrogen-bond acceptors (Lipinski definition) is 6. The molecule has 1 aliphatic rings. The summed E-state index contributed by atoms with van der Waals surface area (Å²) in [6, 6.07) is 15.0. The number of aromatic nitrogens is 1. The van der Waals surface area contributed by atoms with Gasteiger partial charge in [0.2, 0.25) is 0 Å². The minimum atomic E-state index is -0.878. The highest BCUT2D eigenvalue weighted by Crippen LogP contribution is 2.44. The lowest BCUT2D eigenvalue weighted by atomic mass is 9.94. The van der Waals surface area contributed by atoms with Crippen LogP contribution in [0, 0.1) is 6.92 Å². The molecule has 4 rings (SSSR count). The third kappa shape index (κ3) is 4.17. The molecule has 0 radical (unpaired) electrons. The van der Waals surface area contributed by atoms with Crippen LogP contribution in [-0.2, 0) is 16.1 Å². The Morgan fingerprint density at radius 2 is 1.82 bits per heavy atom. The van der Waals surface area contributed by atoms with Crippen molar-refractivity contribution in [1.82, 2.24) is 9.88 Å². The number of aryl methyl sites for hydroxylation is 1. The number of ketones is 1. The van der Waals surface area contributed by atoms with Crippen molar-refractivity contribution >= 4 is 17.4 Å². The standard InChI is InChI=1S/C26H24N2O5/c1-16-6-8-18(9-7-16)24(29)22-23(20-13-19(32-2)10-11-21(20)33-3)28(26(31)25(22)30)15-17-5-4-12-27-14-17/h4-14,23,29H,15H2,1-3H3/t23-/m0/s1. The topological polar surface area (TPSA) is 89.0 Å². The van der Waals surface area contributed by atoms with Crippen LogP contribution in [0.2, 0.25) is 0 Å². The Labute approximate surface area is 191 Å². The number of benzene rings is 2. The second-order valence-corrected chi connectivity index (χ2v) is 7.76. The predicted molar refractivity (Wildman–Crippen MR) is 123 cm³/mol. The largest absolute Gasteiger partial charge is 0.507 e. The second kappa shape index (κ2) is 9.16. The van der Waals surface area contributed by atoms with Crippen LogP contribution < -0.4 is 9.47 Å². The van der Waals surface area contributed by atoms with Crippen LogP contribution in [0.4, 0.5) is 0 Å². The van der Waals surface area contributed by atoms with Crippen molar-refractivity contribution in [2.75, 3.05) is 14.2 Å². The van der Waals surface area contributed by atoms with Gasteiger partial charge in [-0.3, -0.25) is 14.6 Å². The Hall–Kier alpha value is -4.13. The monoisotopic (exact) mass is 444 g/mol. The Bertz CT molecular complexity index is 1220. The van der Waals surface area contributed by atoms with E-state index in [4.69, 9.17) is 9.47 Å². The fraction of sp³-hybridized carbons (Fsp3) is 0.192. The zero-order chi connectivity index (χ0) is 23.5.